The van der Waals surface area contributed by atoms with Crippen LogP contribution >= 0.6 is 0 Å². The zero-order valence-electron chi connectivity index (χ0n) is 6.85. The first kappa shape index (κ1) is 7.98. The van der Waals surface area contributed by atoms with Crippen LogP contribution in [0.2, 0.25) is 0 Å². The normalized spacial score (nSPS) is 41.7. The fourth-order valence-electron chi connectivity index (χ4n) is 1.38. The van der Waals surface area contributed by atoms with Crippen molar-refractivity contribution < 1.29 is 4.74 Å². The van der Waals surface area contributed by atoms with Gasteiger partial charge in [-0.25, -0.2) is 0 Å². The third kappa shape index (κ3) is 1.94. The third-order valence-electron chi connectivity index (χ3n) is 1.82. The monoisotopic (exact) mass is 144 g/mol. The molecule has 0 spiro atoms. The van der Waals surface area contributed by atoms with Gasteiger partial charge in [-0.3, -0.25) is 10.6 Å². The van der Waals surface area contributed by atoms with Crippen molar-refractivity contribution >= 4 is 0 Å². The van der Waals surface area contributed by atoms with Crippen LogP contribution in [0.25, 0.3) is 0 Å². The molecular weight excluding hydrogens is 128 g/mol. The Morgan fingerprint density at radius 1 is 1.30 bits per heavy atom. The molecule has 3 atom stereocenters. The van der Waals surface area contributed by atoms with E-state index in [1.54, 1.807) is 7.11 Å². The van der Waals surface area contributed by atoms with Gasteiger partial charge in [-0.05, 0) is 13.8 Å². The Morgan fingerprint density at radius 2 is 2.00 bits per heavy atom. The average molecular weight is 144 g/mol. The summed E-state index contributed by atoms with van der Waals surface area (Å²) in [4.78, 5) is 0. The highest BCUT2D eigenvalue weighted by Crippen LogP contribution is 2.05. The van der Waals surface area contributed by atoms with Crippen molar-refractivity contribution in [1.29, 1.82) is 0 Å². The minimum atomic E-state index is 0.228. The predicted molar refractivity (Wildman–Crippen MR) is 40.6 cm³/mol. The lowest BCUT2D eigenvalue weighted by atomic mass is 10.1. The lowest BCUT2D eigenvalue weighted by Gasteiger charge is -2.33. The second-order valence-corrected chi connectivity index (χ2v) is 2.92. The molecule has 1 aliphatic rings. The van der Waals surface area contributed by atoms with E-state index in [0.29, 0.717) is 12.2 Å². The summed E-state index contributed by atoms with van der Waals surface area (Å²) in [5, 5.41) is 6.62. The van der Waals surface area contributed by atoms with E-state index in [1.165, 1.54) is 0 Å². The molecule has 60 valence electrons. The van der Waals surface area contributed by atoms with Crippen molar-refractivity contribution in [3.63, 3.8) is 0 Å². The average Bonchev–Trinajstić information content (AvgIpc) is 1.85. The van der Waals surface area contributed by atoms with Gasteiger partial charge >= 0.3 is 0 Å². The van der Waals surface area contributed by atoms with Crippen molar-refractivity contribution in [2.24, 2.45) is 0 Å². The van der Waals surface area contributed by atoms with E-state index in [-0.39, 0.29) is 6.23 Å². The lowest BCUT2D eigenvalue weighted by molar-refractivity contribution is 0.0240. The second-order valence-electron chi connectivity index (χ2n) is 2.92. The maximum atomic E-state index is 5.18. The summed E-state index contributed by atoms with van der Waals surface area (Å²) in [5.41, 5.74) is 0. The van der Waals surface area contributed by atoms with Gasteiger partial charge in [-0.1, -0.05) is 0 Å². The van der Waals surface area contributed by atoms with Crippen LogP contribution in [0, 0.1) is 0 Å². The maximum Gasteiger partial charge on any atom is 0.110 e. The van der Waals surface area contributed by atoms with E-state index in [1.807, 2.05) is 0 Å². The summed E-state index contributed by atoms with van der Waals surface area (Å²) in [6, 6.07) is 0.557. The summed E-state index contributed by atoms with van der Waals surface area (Å²) in [6.07, 6.45) is 1.64. The molecular formula is C7H16N2O. The van der Waals surface area contributed by atoms with Crippen LogP contribution in [0.15, 0.2) is 0 Å². The summed E-state index contributed by atoms with van der Waals surface area (Å²) in [7, 11) is 1.74. The van der Waals surface area contributed by atoms with Crippen molar-refractivity contribution in [2.75, 3.05) is 7.11 Å². The summed E-state index contributed by atoms with van der Waals surface area (Å²) < 4.78 is 5.18. The molecule has 1 rings (SSSR count). The van der Waals surface area contributed by atoms with E-state index < -0.39 is 0 Å². The van der Waals surface area contributed by atoms with Gasteiger partial charge in [0.2, 0.25) is 0 Å². The van der Waals surface area contributed by atoms with Crippen LogP contribution in [-0.2, 0) is 4.74 Å². The Hall–Kier alpha value is -0.120. The van der Waals surface area contributed by atoms with Crippen LogP contribution in [0.1, 0.15) is 20.3 Å². The van der Waals surface area contributed by atoms with Crippen LogP contribution in [0.4, 0.5) is 0 Å². The summed E-state index contributed by atoms with van der Waals surface area (Å²) in [6.45, 7) is 4.27. The molecule has 1 heterocycles. The van der Waals surface area contributed by atoms with Crippen LogP contribution in [0.3, 0.4) is 0 Å². The number of hydrogen-bond acceptors (Lipinski definition) is 3. The van der Waals surface area contributed by atoms with Crippen molar-refractivity contribution in [1.82, 2.24) is 10.6 Å². The number of hydrogen-bond donors (Lipinski definition) is 2. The van der Waals surface area contributed by atoms with Crippen LogP contribution in [0.5, 0.6) is 0 Å². The Labute approximate surface area is 62.1 Å². The minimum absolute atomic E-state index is 0.228. The van der Waals surface area contributed by atoms with Gasteiger partial charge in [0.1, 0.15) is 6.23 Å². The molecule has 1 fully saturated rings. The van der Waals surface area contributed by atoms with E-state index in [4.69, 9.17) is 4.74 Å². The Morgan fingerprint density at radius 3 is 2.50 bits per heavy atom. The largest absolute Gasteiger partial charge is 0.366 e. The first-order chi connectivity index (χ1) is 4.72. The van der Waals surface area contributed by atoms with Crippen LogP contribution < -0.4 is 10.6 Å². The third-order valence-corrected chi connectivity index (χ3v) is 1.82. The molecule has 3 nitrogen and oxygen atoms in total. The molecule has 0 aromatic rings. The second kappa shape index (κ2) is 3.32. The smallest absolute Gasteiger partial charge is 0.110 e. The number of rotatable bonds is 1. The Kier molecular flexibility index (Phi) is 2.65. The molecule has 10 heavy (non-hydrogen) atoms. The van der Waals surface area contributed by atoms with Gasteiger partial charge in [0, 0.05) is 19.6 Å². The number of methoxy groups -OCH3 is 1. The molecule has 0 aliphatic carbocycles. The van der Waals surface area contributed by atoms with Gasteiger partial charge in [0.15, 0.2) is 0 Å². The van der Waals surface area contributed by atoms with E-state index in [9.17, 15) is 0 Å². The minimum Gasteiger partial charge on any atom is -0.366 e. The molecule has 0 radical (unpaired) electrons. The van der Waals surface area contributed by atoms with Gasteiger partial charge in [0.25, 0.3) is 0 Å². The lowest BCUT2D eigenvalue weighted by Crippen LogP contribution is -2.56. The van der Waals surface area contributed by atoms with Gasteiger partial charge < -0.3 is 4.74 Å². The van der Waals surface area contributed by atoms with Gasteiger partial charge in [-0.2, -0.15) is 0 Å². The molecule has 3 heteroatoms. The Bertz CT molecular complexity index is 97.8. The maximum absolute atomic E-state index is 5.18. The zero-order chi connectivity index (χ0) is 7.56. The van der Waals surface area contributed by atoms with Crippen molar-refractivity contribution in [3.8, 4) is 0 Å². The molecule has 1 saturated heterocycles. The highest BCUT2D eigenvalue weighted by Gasteiger charge is 2.20. The highest BCUT2D eigenvalue weighted by atomic mass is 16.5. The molecule has 0 bridgehead atoms. The fourth-order valence-corrected chi connectivity index (χ4v) is 1.38. The first-order valence-electron chi connectivity index (χ1n) is 3.77. The molecule has 0 aromatic heterocycles. The van der Waals surface area contributed by atoms with Gasteiger partial charge in [-0.15, -0.1) is 0 Å². The van der Waals surface area contributed by atoms with Crippen molar-refractivity contribution in [3.05, 3.63) is 0 Å². The van der Waals surface area contributed by atoms with Crippen molar-refractivity contribution in [2.45, 2.75) is 38.7 Å². The van der Waals surface area contributed by atoms with Crippen LogP contribution in [-0.4, -0.2) is 25.5 Å². The molecule has 3 unspecified atom stereocenters. The standard InChI is InChI=1S/C7H16N2O/c1-5-4-7(10-3)9-6(2)8-5/h5-9H,4H2,1-3H3. The molecule has 0 saturated carbocycles. The zero-order valence-corrected chi connectivity index (χ0v) is 6.85. The first-order valence-corrected chi connectivity index (χ1v) is 3.77. The quantitative estimate of drug-likeness (QED) is 0.554. The Balaban J connectivity index is 2.35. The van der Waals surface area contributed by atoms with E-state index in [2.05, 4.69) is 24.5 Å². The number of nitrogens with one attached hydrogen (secondary N) is 2. The fraction of sp³-hybridized carbons (Fsp3) is 1.00. The summed E-state index contributed by atoms with van der Waals surface area (Å²) in [5.74, 6) is 0. The van der Waals surface area contributed by atoms with E-state index >= 15 is 0 Å². The SMILES string of the molecule is COC1CC(C)NC(C)N1. The number of ether oxygens (including phenoxy) is 1. The highest BCUT2D eigenvalue weighted by molar-refractivity contribution is 4.76. The topological polar surface area (TPSA) is 33.3 Å². The molecule has 0 amide bonds. The van der Waals surface area contributed by atoms with Gasteiger partial charge in [0.05, 0.1) is 6.17 Å². The summed E-state index contributed by atoms with van der Waals surface area (Å²) >= 11 is 0. The molecule has 1 aliphatic heterocycles. The molecule has 0 aromatic carbocycles. The molecule has 2 N–H and O–H groups in total. The van der Waals surface area contributed by atoms with E-state index in [0.717, 1.165) is 6.42 Å². The predicted octanol–water partition coefficient (Wildman–Crippen LogP) is 0.276.